The fourth-order valence-electron chi connectivity index (χ4n) is 3.46. The summed E-state index contributed by atoms with van der Waals surface area (Å²) in [5, 5.41) is 2.90. The van der Waals surface area contributed by atoms with Gasteiger partial charge in [0.15, 0.2) is 5.78 Å². The van der Waals surface area contributed by atoms with Crippen LogP contribution in [0.5, 0.6) is 11.5 Å². The first kappa shape index (κ1) is 20.4. The van der Waals surface area contributed by atoms with Gasteiger partial charge in [-0.3, -0.25) is 9.59 Å². The summed E-state index contributed by atoms with van der Waals surface area (Å²) in [6.45, 7) is 8.81. The first-order chi connectivity index (χ1) is 13.4. The molecule has 150 valence electrons. The van der Waals surface area contributed by atoms with Gasteiger partial charge in [-0.2, -0.15) is 0 Å². The molecule has 0 saturated heterocycles. The van der Waals surface area contributed by atoms with Crippen molar-refractivity contribution in [3.63, 3.8) is 0 Å². The van der Waals surface area contributed by atoms with Crippen LogP contribution in [0.15, 0.2) is 18.2 Å². The lowest BCUT2D eigenvalue weighted by molar-refractivity contribution is -0.121. The number of ketones is 1. The summed E-state index contributed by atoms with van der Waals surface area (Å²) >= 11 is 1.61. The van der Waals surface area contributed by atoms with Crippen LogP contribution >= 0.6 is 11.3 Å². The van der Waals surface area contributed by atoms with Gasteiger partial charge in [0.05, 0.1) is 6.61 Å². The summed E-state index contributed by atoms with van der Waals surface area (Å²) in [6.07, 6.45) is 1.41. The third kappa shape index (κ3) is 4.73. The van der Waals surface area contributed by atoms with Gasteiger partial charge in [0, 0.05) is 52.3 Å². The number of fused-ring (bicyclic) bond motifs is 1. The van der Waals surface area contributed by atoms with Crippen molar-refractivity contribution in [2.45, 2.75) is 59.6 Å². The number of hydrogen-bond donors (Lipinski definition) is 1. The summed E-state index contributed by atoms with van der Waals surface area (Å²) in [6, 6.07) is 5.86. The van der Waals surface area contributed by atoms with E-state index in [9.17, 15) is 9.59 Å². The molecule has 5 nitrogen and oxygen atoms in total. The Hall–Kier alpha value is -2.34. The number of amides is 1. The molecule has 0 saturated carbocycles. The number of Topliss-reactive ketones (excluding diaryl/α,β-unsaturated/α-hetero) is 1. The normalized spacial score (nSPS) is 15.1. The third-order valence-electron chi connectivity index (χ3n) is 4.78. The van der Waals surface area contributed by atoms with Crippen LogP contribution in [0.1, 0.15) is 57.9 Å². The van der Waals surface area contributed by atoms with Gasteiger partial charge in [-0.25, -0.2) is 0 Å². The number of aryl methyl sites for hydroxylation is 2. The minimum atomic E-state index is -0.143. The van der Waals surface area contributed by atoms with Gasteiger partial charge in [0.25, 0.3) is 0 Å². The molecule has 2 heterocycles. The zero-order valence-electron chi connectivity index (χ0n) is 16.9. The van der Waals surface area contributed by atoms with Gasteiger partial charge in [0.2, 0.25) is 5.91 Å². The summed E-state index contributed by atoms with van der Waals surface area (Å²) in [7, 11) is 0. The molecule has 0 unspecified atom stereocenters. The van der Waals surface area contributed by atoms with Crippen molar-refractivity contribution >= 4 is 23.0 Å². The zero-order valence-corrected chi connectivity index (χ0v) is 17.7. The Bertz CT molecular complexity index is 887. The van der Waals surface area contributed by atoms with Crippen LogP contribution in [0.2, 0.25) is 0 Å². The van der Waals surface area contributed by atoms with Crippen LogP contribution in [-0.4, -0.2) is 24.4 Å². The van der Waals surface area contributed by atoms with E-state index in [1.54, 1.807) is 11.3 Å². The molecule has 1 N–H and O–H groups in total. The Balaban J connectivity index is 1.58. The third-order valence-corrected chi connectivity index (χ3v) is 5.74. The minimum absolute atomic E-state index is 0.0203. The lowest BCUT2D eigenvalue weighted by atomic mass is 10.1. The van der Waals surface area contributed by atoms with E-state index in [2.05, 4.69) is 5.32 Å². The highest BCUT2D eigenvalue weighted by Crippen LogP contribution is 2.35. The van der Waals surface area contributed by atoms with E-state index in [0.717, 1.165) is 44.4 Å². The molecule has 1 amide bonds. The van der Waals surface area contributed by atoms with Crippen LogP contribution in [-0.2, 0) is 17.8 Å². The molecule has 28 heavy (non-hydrogen) atoms. The van der Waals surface area contributed by atoms with Crippen LogP contribution in [0.3, 0.4) is 0 Å². The van der Waals surface area contributed by atoms with Crippen LogP contribution in [0, 0.1) is 13.8 Å². The molecule has 1 aliphatic heterocycles. The van der Waals surface area contributed by atoms with Crippen LogP contribution < -0.4 is 14.8 Å². The number of rotatable bonds is 8. The highest BCUT2D eigenvalue weighted by atomic mass is 32.1. The van der Waals surface area contributed by atoms with Crippen molar-refractivity contribution in [3.05, 3.63) is 44.6 Å². The summed E-state index contributed by atoms with van der Waals surface area (Å²) in [5.74, 6) is 1.51. The quantitative estimate of drug-likeness (QED) is 0.667. The second kappa shape index (κ2) is 8.78. The van der Waals surface area contributed by atoms with Gasteiger partial charge in [-0.05, 0) is 45.9 Å². The first-order valence-corrected chi connectivity index (χ1v) is 10.5. The number of hydrogen-bond acceptors (Lipinski definition) is 5. The topological polar surface area (TPSA) is 64.6 Å². The highest BCUT2D eigenvalue weighted by molar-refractivity contribution is 7.12. The molecule has 1 aromatic carbocycles. The van der Waals surface area contributed by atoms with E-state index in [0.29, 0.717) is 13.2 Å². The van der Waals surface area contributed by atoms with Crippen LogP contribution in [0.4, 0.5) is 0 Å². The van der Waals surface area contributed by atoms with Crippen molar-refractivity contribution in [1.82, 2.24) is 5.32 Å². The second-order valence-electron chi connectivity index (χ2n) is 7.16. The number of benzene rings is 1. The van der Waals surface area contributed by atoms with Crippen molar-refractivity contribution < 1.29 is 19.1 Å². The fourth-order valence-corrected chi connectivity index (χ4v) is 4.40. The standard InChI is InChI=1S/C22H27NO4S/c1-5-26-20-10-16-8-13(2)27-21(16)11-17(20)12-23-22(25)7-6-19(24)18-9-14(3)28-15(18)4/h9-11,13H,5-8,12H2,1-4H3,(H,23,25)/t13-/m0/s1. The summed E-state index contributed by atoms with van der Waals surface area (Å²) in [5.41, 5.74) is 2.76. The Kier molecular flexibility index (Phi) is 6.39. The number of carbonyl (C=O) groups excluding carboxylic acids is 2. The number of ether oxygens (including phenoxy) is 2. The maximum atomic E-state index is 12.3. The van der Waals surface area contributed by atoms with E-state index >= 15 is 0 Å². The molecule has 0 bridgehead atoms. The fraction of sp³-hybridized carbons (Fsp3) is 0.455. The average Bonchev–Trinajstić information content (AvgIpc) is 3.17. The maximum absolute atomic E-state index is 12.3. The van der Waals surface area contributed by atoms with Crippen molar-refractivity contribution in [1.29, 1.82) is 0 Å². The number of thiophene rings is 1. The van der Waals surface area contributed by atoms with E-state index in [1.807, 2.05) is 45.9 Å². The zero-order chi connectivity index (χ0) is 20.3. The molecule has 1 aliphatic rings. The Morgan fingerprint density at radius 1 is 1.25 bits per heavy atom. The number of nitrogens with one attached hydrogen (secondary N) is 1. The molecule has 3 rings (SSSR count). The molecular formula is C22H27NO4S. The minimum Gasteiger partial charge on any atom is -0.494 e. The predicted molar refractivity (Wildman–Crippen MR) is 111 cm³/mol. The summed E-state index contributed by atoms with van der Waals surface area (Å²) in [4.78, 5) is 26.7. The van der Waals surface area contributed by atoms with E-state index in [1.165, 1.54) is 0 Å². The van der Waals surface area contributed by atoms with Gasteiger partial charge in [0.1, 0.15) is 17.6 Å². The average molecular weight is 402 g/mol. The molecule has 6 heteroatoms. The maximum Gasteiger partial charge on any atom is 0.220 e. The Morgan fingerprint density at radius 2 is 2.04 bits per heavy atom. The van der Waals surface area contributed by atoms with Crippen LogP contribution in [0.25, 0.3) is 0 Å². The summed E-state index contributed by atoms with van der Waals surface area (Å²) < 4.78 is 11.6. The smallest absolute Gasteiger partial charge is 0.220 e. The largest absolute Gasteiger partial charge is 0.494 e. The molecule has 1 aromatic heterocycles. The van der Waals surface area contributed by atoms with Gasteiger partial charge in [-0.15, -0.1) is 11.3 Å². The van der Waals surface area contributed by atoms with Gasteiger partial charge in [-0.1, -0.05) is 0 Å². The molecular weight excluding hydrogens is 374 g/mol. The van der Waals surface area contributed by atoms with Crippen molar-refractivity contribution in [3.8, 4) is 11.5 Å². The second-order valence-corrected chi connectivity index (χ2v) is 8.62. The monoisotopic (exact) mass is 401 g/mol. The first-order valence-electron chi connectivity index (χ1n) is 9.69. The van der Waals surface area contributed by atoms with Gasteiger partial charge >= 0.3 is 0 Å². The molecule has 0 fully saturated rings. The predicted octanol–water partition coefficient (Wildman–Crippen LogP) is 4.37. The molecule has 0 aliphatic carbocycles. The Morgan fingerprint density at radius 3 is 2.71 bits per heavy atom. The van der Waals surface area contributed by atoms with Crippen molar-refractivity contribution in [2.24, 2.45) is 0 Å². The van der Waals surface area contributed by atoms with E-state index < -0.39 is 0 Å². The lowest BCUT2D eigenvalue weighted by Crippen LogP contribution is -2.23. The Labute approximate surface area is 170 Å². The van der Waals surface area contributed by atoms with Gasteiger partial charge < -0.3 is 14.8 Å². The number of carbonyl (C=O) groups is 2. The van der Waals surface area contributed by atoms with E-state index in [4.69, 9.17) is 9.47 Å². The highest BCUT2D eigenvalue weighted by Gasteiger charge is 2.22. The SMILES string of the molecule is CCOc1cc2c(cc1CNC(=O)CCC(=O)c1cc(C)sc1C)O[C@@H](C)C2. The molecule has 1 atom stereocenters. The van der Waals surface area contributed by atoms with E-state index in [-0.39, 0.29) is 30.6 Å². The molecule has 2 aromatic rings. The molecule has 0 radical (unpaired) electrons. The van der Waals surface area contributed by atoms with Crippen molar-refractivity contribution in [2.75, 3.05) is 6.61 Å². The lowest BCUT2D eigenvalue weighted by Gasteiger charge is -2.13. The molecule has 0 spiro atoms.